The van der Waals surface area contributed by atoms with Crippen LogP contribution in [0.4, 0.5) is 0 Å². The predicted molar refractivity (Wildman–Crippen MR) is 83.2 cm³/mol. The van der Waals surface area contributed by atoms with E-state index in [1.54, 1.807) is 18.3 Å². The molecule has 1 fully saturated rings. The number of hydrogen-bond acceptors (Lipinski definition) is 2. The molecule has 108 valence electrons. The van der Waals surface area contributed by atoms with E-state index in [0.29, 0.717) is 22.6 Å². The Labute approximate surface area is 129 Å². The van der Waals surface area contributed by atoms with Gasteiger partial charge in [-0.25, -0.2) is 4.98 Å². The Hall–Kier alpha value is -1.87. The van der Waals surface area contributed by atoms with Crippen molar-refractivity contribution in [2.45, 2.75) is 19.4 Å². The van der Waals surface area contributed by atoms with Gasteiger partial charge in [0.25, 0.3) is 5.91 Å². The summed E-state index contributed by atoms with van der Waals surface area (Å²) in [6, 6.07) is 13.5. The molecule has 4 heteroatoms. The van der Waals surface area contributed by atoms with Gasteiger partial charge in [0.1, 0.15) is 5.15 Å². The van der Waals surface area contributed by atoms with Gasteiger partial charge in [-0.3, -0.25) is 4.79 Å². The van der Waals surface area contributed by atoms with Crippen LogP contribution in [0, 0.1) is 11.8 Å². The minimum atomic E-state index is -0.104. The summed E-state index contributed by atoms with van der Waals surface area (Å²) >= 11 is 5.85. The minimum absolute atomic E-state index is 0.0561. The molecular weight excluding hydrogens is 284 g/mol. The highest BCUT2D eigenvalue weighted by molar-refractivity contribution is 6.29. The van der Waals surface area contributed by atoms with Crippen molar-refractivity contribution in [2.24, 2.45) is 11.8 Å². The molecule has 1 amide bonds. The van der Waals surface area contributed by atoms with Crippen LogP contribution in [-0.4, -0.2) is 10.9 Å². The second-order valence-electron chi connectivity index (χ2n) is 5.61. The maximum absolute atomic E-state index is 12.4. The molecule has 0 aliphatic heterocycles. The Morgan fingerprint density at radius 2 is 2.05 bits per heavy atom. The zero-order valence-electron chi connectivity index (χ0n) is 11.8. The van der Waals surface area contributed by atoms with Crippen LogP contribution in [0.15, 0.2) is 48.7 Å². The summed E-state index contributed by atoms with van der Waals surface area (Å²) in [6.45, 7) is 2.22. The minimum Gasteiger partial charge on any atom is -0.345 e. The van der Waals surface area contributed by atoms with E-state index in [4.69, 9.17) is 11.6 Å². The first-order chi connectivity index (χ1) is 10.1. The number of rotatable bonds is 4. The van der Waals surface area contributed by atoms with Crippen LogP contribution in [0.1, 0.15) is 35.3 Å². The normalized spacial score (nSPS) is 21.6. The molecule has 3 unspecified atom stereocenters. The number of benzene rings is 1. The molecule has 2 aromatic rings. The molecule has 1 aromatic carbocycles. The van der Waals surface area contributed by atoms with Gasteiger partial charge in [-0.1, -0.05) is 48.9 Å². The molecule has 1 heterocycles. The number of hydrogen-bond donors (Lipinski definition) is 1. The number of halogens is 1. The van der Waals surface area contributed by atoms with E-state index < -0.39 is 0 Å². The molecule has 1 N–H and O–H groups in total. The molecule has 1 aliphatic carbocycles. The molecule has 0 radical (unpaired) electrons. The van der Waals surface area contributed by atoms with Crippen LogP contribution < -0.4 is 5.32 Å². The standard InChI is InChI=1S/C17H17ClN2O/c1-11-9-14(11)16(12-5-3-2-4-6-12)20-17(21)13-7-8-19-15(18)10-13/h2-8,10-11,14,16H,9H2,1H3,(H,20,21). The van der Waals surface area contributed by atoms with Crippen molar-refractivity contribution in [3.8, 4) is 0 Å². The smallest absolute Gasteiger partial charge is 0.251 e. The summed E-state index contributed by atoms with van der Waals surface area (Å²) < 4.78 is 0. The predicted octanol–water partition coefficient (Wildman–Crippen LogP) is 3.86. The van der Waals surface area contributed by atoms with Gasteiger partial charge >= 0.3 is 0 Å². The molecule has 3 nitrogen and oxygen atoms in total. The number of aromatic nitrogens is 1. The van der Waals surface area contributed by atoms with E-state index in [-0.39, 0.29) is 11.9 Å². The highest BCUT2D eigenvalue weighted by Crippen LogP contribution is 2.47. The van der Waals surface area contributed by atoms with Gasteiger partial charge in [-0.05, 0) is 36.0 Å². The number of pyridine rings is 1. The summed E-state index contributed by atoms with van der Waals surface area (Å²) in [5.41, 5.74) is 1.70. The van der Waals surface area contributed by atoms with Gasteiger partial charge < -0.3 is 5.32 Å². The van der Waals surface area contributed by atoms with Gasteiger partial charge in [0, 0.05) is 11.8 Å². The molecule has 3 rings (SSSR count). The summed E-state index contributed by atoms with van der Waals surface area (Å²) in [4.78, 5) is 16.3. The quantitative estimate of drug-likeness (QED) is 0.871. The third-order valence-electron chi connectivity index (χ3n) is 4.03. The first-order valence-corrected chi connectivity index (χ1v) is 7.50. The molecule has 1 saturated carbocycles. The fourth-order valence-electron chi connectivity index (χ4n) is 2.68. The van der Waals surface area contributed by atoms with Gasteiger partial charge in [-0.2, -0.15) is 0 Å². The third-order valence-corrected chi connectivity index (χ3v) is 4.24. The number of carbonyl (C=O) groups is 1. The van der Waals surface area contributed by atoms with Gasteiger partial charge in [0.2, 0.25) is 0 Å². The second kappa shape index (κ2) is 5.86. The lowest BCUT2D eigenvalue weighted by molar-refractivity contribution is 0.0930. The molecule has 1 aromatic heterocycles. The number of carbonyl (C=O) groups excluding carboxylic acids is 1. The van der Waals surface area contributed by atoms with Crippen molar-refractivity contribution in [1.82, 2.24) is 10.3 Å². The molecule has 0 saturated heterocycles. The first kappa shape index (κ1) is 14.1. The van der Waals surface area contributed by atoms with Gasteiger partial charge in [0.05, 0.1) is 6.04 Å². The fourth-order valence-corrected chi connectivity index (χ4v) is 2.86. The van der Waals surface area contributed by atoms with E-state index in [2.05, 4.69) is 29.4 Å². The van der Waals surface area contributed by atoms with Crippen molar-refractivity contribution in [2.75, 3.05) is 0 Å². The fraction of sp³-hybridized carbons (Fsp3) is 0.294. The zero-order chi connectivity index (χ0) is 14.8. The lowest BCUT2D eigenvalue weighted by Gasteiger charge is -2.19. The lowest BCUT2D eigenvalue weighted by Crippen LogP contribution is -2.30. The van der Waals surface area contributed by atoms with Crippen LogP contribution in [0.25, 0.3) is 0 Å². The number of nitrogens with one attached hydrogen (secondary N) is 1. The van der Waals surface area contributed by atoms with Crippen LogP contribution in [0.2, 0.25) is 5.15 Å². The first-order valence-electron chi connectivity index (χ1n) is 7.12. The summed E-state index contributed by atoms with van der Waals surface area (Å²) in [5.74, 6) is 1.05. The van der Waals surface area contributed by atoms with Gasteiger partial charge in [0.15, 0.2) is 0 Å². The molecule has 0 spiro atoms. The third kappa shape index (κ3) is 3.24. The maximum Gasteiger partial charge on any atom is 0.251 e. The van der Waals surface area contributed by atoms with Gasteiger partial charge in [-0.15, -0.1) is 0 Å². The molecular formula is C17H17ClN2O. The SMILES string of the molecule is CC1CC1C(NC(=O)c1ccnc(Cl)c1)c1ccccc1. The highest BCUT2D eigenvalue weighted by Gasteiger charge is 2.40. The monoisotopic (exact) mass is 300 g/mol. The van der Waals surface area contributed by atoms with Crippen molar-refractivity contribution in [3.05, 3.63) is 64.9 Å². The Kier molecular flexibility index (Phi) is 3.93. The van der Waals surface area contributed by atoms with Crippen LogP contribution in [0.5, 0.6) is 0 Å². The topological polar surface area (TPSA) is 42.0 Å². The van der Waals surface area contributed by atoms with Crippen LogP contribution >= 0.6 is 11.6 Å². The average Bonchev–Trinajstić information content (AvgIpc) is 3.22. The second-order valence-corrected chi connectivity index (χ2v) is 5.99. The molecule has 21 heavy (non-hydrogen) atoms. The van der Waals surface area contributed by atoms with E-state index in [9.17, 15) is 4.79 Å². The maximum atomic E-state index is 12.4. The molecule has 3 atom stereocenters. The highest BCUT2D eigenvalue weighted by atomic mass is 35.5. The molecule has 1 aliphatic rings. The summed E-state index contributed by atoms with van der Waals surface area (Å²) in [7, 11) is 0. The van der Waals surface area contributed by atoms with Crippen LogP contribution in [-0.2, 0) is 0 Å². The Bertz CT molecular complexity index is 644. The van der Waals surface area contributed by atoms with Crippen molar-refractivity contribution < 1.29 is 4.79 Å². The Balaban J connectivity index is 1.81. The summed E-state index contributed by atoms with van der Waals surface area (Å²) in [6.07, 6.45) is 2.70. The van der Waals surface area contributed by atoms with E-state index in [1.165, 1.54) is 0 Å². The van der Waals surface area contributed by atoms with E-state index in [1.807, 2.05) is 18.2 Å². The number of nitrogens with zero attached hydrogens (tertiary/aromatic N) is 1. The van der Waals surface area contributed by atoms with Crippen molar-refractivity contribution in [3.63, 3.8) is 0 Å². The average molecular weight is 301 g/mol. The number of amides is 1. The Morgan fingerprint density at radius 3 is 2.67 bits per heavy atom. The Morgan fingerprint density at radius 1 is 1.33 bits per heavy atom. The van der Waals surface area contributed by atoms with E-state index in [0.717, 1.165) is 12.0 Å². The van der Waals surface area contributed by atoms with Crippen molar-refractivity contribution >= 4 is 17.5 Å². The van der Waals surface area contributed by atoms with E-state index >= 15 is 0 Å². The van der Waals surface area contributed by atoms with Crippen molar-refractivity contribution in [1.29, 1.82) is 0 Å². The lowest BCUT2D eigenvalue weighted by atomic mass is 10.0. The molecule has 0 bridgehead atoms. The zero-order valence-corrected chi connectivity index (χ0v) is 12.5. The summed E-state index contributed by atoms with van der Waals surface area (Å²) in [5, 5.41) is 3.48. The van der Waals surface area contributed by atoms with Crippen LogP contribution in [0.3, 0.4) is 0 Å². The largest absolute Gasteiger partial charge is 0.345 e.